The van der Waals surface area contributed by atoms with Gasteiger partial charge in [0.05, 0.1) is 17.8 Å². The fourth-order valence-corrected chi connectivity index (χ4v) is 3.52. The third kappa shape index (κ3) is 3.00. The normalized spacial score (nSPS) is 24.5. The molecule has 1 fully saturated rings. The number of hydrogen-bond donors (Lipinski definition) is 2. The minimum atomic E-state index is -0.294. The Morgan fingerprint density at radius 1 is 1.17 bits per heavy atom. The number of rotatable bonds is 5. The topological polar surface area (TPSA) is 67.4 Å². The maximum absolute atomic E-state index is 10.3. The molecular weight excluding hydrogens is 290 g/mol. The van der Waals surface area contributed by atoms with Crippen molar-refractivity contribution in [1.82, 2.24) is 24.7 Å². The van der Waals surface area contributed by atoms with E-state index in [0.717, 1.165) is 37.0 Å². The maximum Gasteiger partial charge on any atom is 0.0706 e. The largest absolute Gasteiger partial charge is 0.391 e. The predicted molar refractivity (Wildman–Crippen MR) is 86.8 cm³/mol. The monoisotopic (exact) mass is 311 g/mol. The van der Waals surface area contributed by atoms with Gasteiger partial charge in [0.1, 0.15) is 0 Å². The Bertz CT molecular complexity index is 766. The van der Waals surface area contributed by atoms with Crippen LogP contribution in [0.25, 0.3) is 5.52 Å². The van der Waals surface area contributed by atoms with Gasteiger partial charge < -0.3 is 10.4 Å². The number of fused-ring (bicyclic) bond motifs is 1. The SMILES string of the molecule is O[C@@H]1CC(Cn2cccn2)C[C@H]1NCc1cnn2ccccc12. The molecule has 3 aromatic rings. The quantitative estimate of drug-likeness (QED) is 0.748. The summed E-state index contributed by atoms with van der Waals surface area (Å²) >= 11 is 0. The summed E-state index contributed by atoms with van der Waals surface area (Å²) in [6.07, 6.45) is 9.12. The number of aromatic nitrogens is 4. The lowest BCUT2D eigenvalue weighted by Gasteiger charge is -2.16. The van der Waals surface area contributed by atoms with Crippen molar-refractivity contribution in [1.29, 1.82) is 0 Å². The number of hydrogen-bond acceptors (Lipinski definition) is 4. The summed E-state index contributed by atoms with van der Waals surface area (Å²) in [7, 11) is 0. The highest BCUT2D eigenvalue weighted by atomic mass is 16.3. The summed E-state index contributed by atoms with van der Waals surface area (Å²) in [6.45, 7) is 1.60. The molecule has 120 valence electrons. The highest BCUT2D eigenvalue weighted by molar-refractivity contribution is 5.53. The molecule has 1 saturated carbocycles. The van der Waals surface area contributed by atoms with Gasteiger partial charge in [-0.25, -0.2) is 4.52 Å². The molecule has 1 aliphatic rings. The van der Waals surface area contributed by atoms with E-state index in [1.54, 1.807) is 6.20 Å². The van der Waals surface area contributed by atoms with E-state index < -0.39 is 0 Å². The van der Waals surface area contributed by atoms with Crippen LogP contribution in [0.2, 0.25) is 0 Å². The number of nitrogens with one attached hydrogen (secondary N) is 1. The molecule has 1 aliphatic carbocycles. The third-order valence-electron chi connectivity index (χ3n) is 4.69. The average Bonchev–Trinajstić information content (AvgIpc) is 3.27. The second-order valence-electron chi connectivity index (χ2n) is 6.32. The molecule has 3 aromatic heterocycles. The van der Waals surface area contributed by atoms with Gasteiger partial charge in [0.15, 0.2) is 0 Å². The molecule has 0 radical (unpaired) electrons. The molecule has 0 saturated heterocycles. The molecule has 23 heavy (non-hydrogen) atoms. The molecule has 2 N–H and O–H groups in total. The molecule has 6 heteroatoms. The summed E-state index contributed by atoms with van der Waals surface area (Å²) in [6, 6.07) is 8.12. The van der Waals surface area contributed by atoms with Crippen molar-refractivity contribution in [2.45, 2.75) is 38.1 Å². The van der Waals surface area contributed by atoms with Crippen LogP contribution in [0.3, 0.4) is 0 Å². The van der Waals surface area contributed by atoms with E-state index in [4.69, 9.17) is 0 Å². The van der Waals surface area contributed by atoms with Crippen molar-refractivity contribution in [3.05, 3.63) is 54.6 Å². The smallest absolute Gasteiger partial charge is 0.0706 e. The standard InChI is InChI=1S/C17H21N5O/c23-17-9-13(12-21-6-3-5-19-21)8-15(17)18-10-14-11-20-22-7-2-1-4-16(14)22/h1-7,11,13,15,17-18,23H,8-10,12H2/t13?,15-,17-/m1/s1. The van der Waals surface area contributed by atoms with Crippen molar-refractivity contribution in [3.8, 4) is 0 Å². The van der Waals surface area contributed by atoms with Gasteiger partial charge in [0.25, 0.3) is 0 Å². The Kier molecular flexibility index (Phi) is 3.85. The van der Waals surface area contributed by atoms with E-state index in [1.807, 2.05) is 46.0 Å². The average molecular weight is 311 g/mol. The summed E-state index contributed by atoms with van der Waals surface area (Å²) < 4.78 is 3.83. The first kappa shape index (κ1) is 14.4. The van der Waals surface area contributed by atoms with E-state index in [-0.39, 0.29) is 12.1 Å². The first-order valence-electron chi connectivity index (χ1n) is 8.10. The van der Waals surface area contributed by atoms with Crippen LogP contribution in [-0.4, -0.2) is 36.6 Å². The lowest BCUT2D eigenvalue weighted by atomic mass is 10.1. The van der Waals surface area contributed by atoms with Crippen molar-refractivity contribution in [2.75, 3.05) is 0 Å². The van der Waals surface area contributed by atoms with Crippen LogP contribution in [0.4, 0.5) is 0 Å². The van der Waals surface area contributed by atoms with Gasteiger partial charge in [0, 0.05) is 43.3 Å². The van der Waals surface area contributed by atoms with Gasteiger partial charge in [0.2, 0.25) is 0 Å². The minimum absolute atomic E-state index is 0.134. The fraction of sp³-hybridized carbons (Fsp3) is 0.412. The van der Waals surface area contributed by atoms with Crippen LogP contribution in [-0.2, 0) is 13.1 Å². The fourth-order valence-electron chi connectivity index (χ4n) is 3.52. The van der Waals surface area contributed by atoms with Gasteiger partial charge >= 0.3 is 0 Å². The van der Waals surface area contributed by atoms with Crippen LogP contribution < -0.4 is 5.32 Å². The Labute approximate surface area is 134 Å². The van der Waals surface area contributed by atoms with Gasteiger partial charge in [-0.2, -0.15) is 10.2 Å². The lowest BCUT2D eigenvalue weighted by molar-refractivity contribution is 0.145. The van der Waals surface area contributed by atoms with E-state index in [1.165, 1.54) is 0 Å². The lowest BCUT2D eigenvalue weighted by Crippen LogP contribution is -2.35. The Hall–Kier alpha value is -2.18. The third-order valence-corrected chi connectivity index (χ3v) is 4.69. The molecule has 0 amide bonds. The van der Waals surface area contributed by atoms with Crippen molar-refractivity contribution in [2.24, 2.45) is 5.92 Å². The van der Waals surface area contributed by atoms with Crippen LogP contribution in [0.15, 0.2) is 49.1 Å². The van der Waals surface area contributed by atoms with Crippen LogP contribution in [0, 0.1) is 5.92 Å². The van der Waals surface area contributed by atoms with Crippen LogP contribution >= 0.6 is 0 Å². The van der Waals surface area contributed by atoms with E-state index in [9.17, 15) is 5.11 Å². The van der Waals surface area contributed by atoms with Crippen molar-refractivity contribution in [3.63, 3.8) is 0 Å². The summed E-state index contributed by atoms with van der Waals surface area (Å²) in [5, 5.41) is 22.4. The van der Waals surface area contributed by atoms with E-state index in [2.05, 4.69) is 21.6 Å². The highest BCUT2D eigenvalue weighted by Crippen LogP contribution is 2.27. The summed E-state index contributed by atoms with van der Waals surface area (Å²) in [4.78, 5) is 0. The molecule has 0 aliphatic heterocycles. The van der Waals surface area contributed by atoms with E-state index in [0.29, 0.717) is 5.92 Å². The summed E-state index contributed by atoms with van der Waals surface area (Å²) in [5.74, 6) is 0.464. The molecule has 4 rings (SSSR count). The van der Waals surface area contributed by atoms with Gasteiger partial charge in [-0.1, -0.05) is 6.07 Å². The maximum atomic E-state index is 10.3. The number of aliphatic hydroxyl groups is 1. The van der Waals surface area contributed by atoms with Gasteiger partial charge in [-0.05, 0) is 37.0 Å². The number of nitrogens with zero attached hydrogens (tertiary/aromatic N) is 4. The minimum Gasteiger partial charge on any atom is -0.391 e. The molecule has 0 aromatic carbocycles. The second kappa shape index (κ2) is 6.14. The molecular formula is C17H21N5O. The molecule has 1 unspecified atom stereocenters. The molecule has 0 spiro atoms. The number of pyridine rings is 1. The summed E-state index contributed by atoms with van der Waals surface area (Å²) in [5.41, 5.74) is 2.27. The molecule has 6 nitrogen and oxygen atoms in total. The van der Waals surface area contributed by atoms with E-state index >= 15 is 0 Å². The Balaban J connectivity index is 1.37. The van der Waals surface area contributed by atoms with Gasteiger partial charge in [-0.15, -0.1) is 0 Å². The molecule has 3 heterocycles. The first-order chi connectivity index (χ1) is 11.3. The van der Waals surface area contributed by atoms with Crippen molar-refractivity contribution < 1.29 is 5.11 Å². The van der Waals surface area contributed by atoms with Crippen LogP contribution in [0.1, 0.15) is 18.4 Å². The predicted octanol–water partition coefficient (Wildman–Crippen LogP) is 1.46. The van der Waals surface area contributed by atoms with Crippen molar-refractivity contribution >= 4 is 5.52 Å². The zero-order chi connectivity index (χ0) is 15.6. The van der Waals surface area contributed by atoms with Gasteiger partial charge in [-0.3, -0.25) is 4.68 Å². The van der Waals surface area contributed by atoms with Crippen LogP contribution in [0.5, 0.6) is 0 Å². The second-order valence-corrected chi connectivity index (χ2v) is 6.32. The molecule has 3 atom stereocenters. The molecule has 0 bridgehead atoms. The Morgan fingerprint density at radius 3 is 3.00 bits per heavy atom. The zero-order valence-corrected chi connectivity index (χ0v) is 12.9. The highest BCUT2D eigenvalue weighted by Gasteiger charge is 2.32. The zero-order valence-electron chi connectivity index (χ0n) is 12.9. The first-order valence-corrected chi connectivity index (χ1v) is 8.10. The number of aliphatic hydroxyl groups excluding tert-OH is 1. The Morgan fingerprint density at radius 2 is 2.13 bits per heavy atom.